The maximum absolute atomic E-state index is 13.2. The summed E-state index contributed by atoms with van der Waals surface area (Å²) in [6, 6.07) is 14.3. The monoisotopic (exact) mass is 699 g/mol. The molecule has 0 saturated carbocycles. The van der Waals surface area contributed by atoms with Crippen molar-refractivity contribution in [1.82, 2.24) is 9.97 Å². The first-order chi connectivity index (χ1) is 11.1. The van der Waals surface area contributed by atoms with Crippen LogP contribution in [-0.2, 0) is 40.2 Å². The number of rotatable bonds is 2. The van der Waals surface area contributed by atoms with Gasteiger partial charge in [0.25, 0.3) is 0 Å². The summed E-state index contributed by atoms with van der Waals surface area (Å²) >= 11 is 0. The Labute approximate surface area is 170 Å². The second-order valence-corrected chi connectivity index (χ2v) is 4.28. The first-order valence-corrected chi connectivity index (χ1v) is 6.50. The molecule has 0 fully saturated rings. The first-order valence-electron chi connectivity index (χ1n) is 6.50. The van der Waals surface area contributed by atoms with E-state index in [2.05, 4.69) is 16.0 Å². The van der Waals surface area contributed by atoms with E-state index < -0.39 is 17.6 Å². The van der Waals surface area contributed by atoms with E-state index in [0.717, 1.165) is 12.1 Å². The molecular weight excluding hydrogens is 687 g/mol. The maximum atomic E-state index is 13.2. The zero-order valence-corrected chi connectivity index (χ0v) is 17.2. The van der Waals surface area contributed by atoms with Crippen molar-refractivity contribution in [2.75, 3.05) is 0 Å². The molecule has 0 bridgehead atoms. The molecule has 2 aromatic heterocycles. The van der Waals surface area contributed by atoms with Gasteiger partial charge in [0.15, 0.2) is 0 Å². The van der Waals surface area contributed by atoms with Crippen LogP contribution >= 0.6 is 0 Å². The van der Waals surface area contributed by atoms with E-state index in [0.29, 0.717) is 5.69 Å². The van der Waals surface area contributed by atoms with E-state index in [1.807, 2.05) is 0 Å². The Hall–Kier alpha value is -1.85. The van der Waals surface area contributed by atoms with E-state index in [1.165, 1.54) is 12.3 Å². The molecule has 8 heteroatoms. The third-order valence-corrected chi connectivity index (χ3v) is 2.66. The van der Waals surface area contributed by atoms with Gasteiger partial charge in [0.1, 0.15) is 5.69 Å². The number of pyridine rings is 2. The van der Waals surface area contributed by atoms with Gasteiger partial charge in [-0.15, -0.1) is 12.1 Å². The first kappa shape index (κ1) is 23.1. The summed E-state index contributed by atoms with van der Waals surface area (Å²) in [6.07, 6.45) is 3.00. The molecule has 0 spiro atoms. The topological polar surface area (TPSA) is 63.1 Å². The molecule has 0 amide bonds. The number of aromatic carboxylic acids is 1. The van der Waals surface area contributed by atoms with E-state index in [1.54, 1.807) is 36.5 Å². The summed E-state index contributed by atoms with van der Waals surface area (Å²) < 4.78 is 25.8. The molecule has 0 aliphatic rings. The van der Waals surface area contributed by atoms with Gasteiger partial charge in [0, 0.05) is 64.2 Å². The van der Waals surface area contributed by atoms with Crippen LogP contribution in [0, 0.1) is 17.7 Å². The van der Waals surface area contributed by atoms with Crippen molar-refractivity contribution < 1.29 is 58.9 Å². The SMILES string of the molecule is Fc1c[c-]c(-c2ccccn2)c(F)c1.O=C(O)c1ccccn1.[Ir].[Ir]. The molecule has 0 unspecified atom stereocenters. The fourth-order valence-electron chi connectivity index (χ4n) is 1.64. The summed E-state index contributed by atoms with van der Waals surface area (Å²) in [4.78, 5) is 17.7. The van der Waals surface area contributed by atoms with E-state index in [-0.39, 0.29) is 51.5 Å². The van der Waals surface area contributed by atoms with Crippen molar-refractivity contribution in [3.63, 3.8) is 0 Å². The Kier molecular flexibility index (Phi) is 10.8. The van der Waals surface area contributed by atoms with Gasteiger partial charge in [0.05, 0.1) is 0 Å². The van der Waals surface area contributed by atoms with Gasteiger partial charge >= 0.3 is 5.97 Å². The number of carbonyl (C=O) groups is 1. The molecule has 2 heterocycles. The number of hydrogen-bond acceptors (Lipinski definition) is 3. The van der Waals surface area contributed by atoms with Gasteiger partial charge in [0.2, 0.25) is 0 Å². The van der Waals surface area contributed by atoms with Crippen molar-refractivity contribution in [2.24, 2.45) is 0 Å². The summed E-state index contributed by atoms with van der Waals surface area (Å²) in [6.45, 7) is 0. The maximum Gasteiger partial charge on any atom is 0.354 e. The third kappa shape index (κ3) is 7.28. The minimum absolute atomic E-state index is 0. The molecule has 0 saturated heterocycles. The standard InChI is InChI=1S/C11H6F2N.C6H5NO2.2Ir/c12-8-4-5-9(10(13)7-8)11-3-1-2-6-14-11;8-6(9)5-3-1-2-4-7-5;;/h1-4,6-7H;1-4H,(H,8,9);;/q-1;;;. The molecule has 1 N–H and O–H groups in total. The van der Waals surface area contributed by atoms with Crippen molar-refractivity contribution in [3.05, 3.63) is 84.3 Å². The molecule has 134 valence electrons. The number of nitrogens with zero attached hydrogens (tertiary/aromatic N) is 2. The quantitative estimate of drug-likeness (QED) is 0.417. The Morgan fingerprint density at radius 1 is 1.00 bits per heavy atom. The van der Waals surface area contributed by atoms with Gasteiger partial charge in [-0.3, -0.25) is 8.78 Å². The Morgan fingerprint density at radius 2 is 1.64 bits per heavy atom. The molecule has 0 atom stereocenters. The minimum Gasteiger partial charge on any atom is -0.477 e. The molecule has 0 aliphatic carbocycles. The van der Waals surface area contributed by atoms with Crippen molar-refractivity contribution in [2.45, 2.75) is 0 Å². The van der Waals surface area contributed by atoms with Crippen LogP contribution in [0.3, 0.4) is 0 Å². The normalized spacial score (nSPS) is 8.88. The van der Waals surface area contributed by atoms with Crippen LogP contribution in [0.1, 0.15) is 10.5 Å². The van der Waals surface area contributed by atoms with Gasteiger partial charge in [-0.1, -0.05) is 29.8 Å². The zero-order valence-electron chi connectivity index (χ0n) is 12.4. The molecule has 2 radical (unpaired) electrons. The number of carboxylic acid groups (broad SMARTS) is 1. The van der Waals surface area contributed by atoms with Crippen molar-refractivity contribution in [1.29, 1.82) is 0 Å². The van der Waals surface area contributed by atoms with Crippen molar-refractivity contribution >= 4 is 5.97 Å². The second-order valence-electron chi connectivity index (χ2n) is 4.28. The van der Waals surface area contributed by atoms with Gasteiger partial charge < -0.3 is 10.1 Å². The number of halogens is 2. The van der Waals surface area contributed by atoms with Crippen LogP contribution in [0.25, 0.3) is 11.3 Å². The van der Waals surface area contributed by atoms with Gasteiger partial charge in [-0.05, 0) is 23.9 Å². The van der Waals surface area contributed by atoms with Gasteiger partial charge in [-0.25, -0.2) is 9.78 Å². The number of hydrogen-bond donors (Lipinski definition) is 1. The third-order valence-electron chi connectivity index (χ3n) is 2.66. The minimum atomic E-state index is -0.990. The van der Waals surface area contributed by atoms with Crippen LogP contribution in [0.2, 0.25) is 0 Å². The van der Waals surface area contributed by atoms with Crippen LogP contribution in [0.15, 0.2) is 60.9 Å². The van der Waals surface area contributed by atoms with E-state index in [4.69, 9.17) is 5.11 Å². The molecule has 3 aromatic rings. The smallest absolute Gasteiger partial charge is 0.354 e. The van der Waals surface area contributed by atoms with Crippen LogP contribution in [0.5, 0.6) is 0 Å². The molecule has 25 heavy (non-hydrogen) atoms. The summed E-state index contributed by atoms with van der Waals surface area (Å²) in [5.41, 5.74) is 0.717. The number of aromatic nitrogens is 2. The largest absolute Gasteiger partial charge is 0.477 e. The Morgan fingerprint density at radius 3 is 2.08 bits per heavy atom. The van der Waals surface area contributed by atoms with E-state index in [9.17, 15) is 13.6 Å². The zero-order chi connectivity index (χ0) is 16.7. The fourth-order valence-corrected chi connectivity index (χ4v) is 1.64. The molecule has 4 nitrogen and oxygen atoms in total. The molecule has 1 aromatic carbocycles. The van der Waals surface area contributed by atoms with E-state index >= 15 is 0 Å². The van der Waals surface area contributed by atoms with Crippen LogP contribution in [0.4, 0.5) is 8.78 Å². The summed E-state index contributed by atoms with van der Waals surface area (Å²) in [5.74, 6) is -2.28. The fraction of sp³-hybridized carbons (Fsp3) is 0. The molecule has 0 aliphatic heterocycles. The molecule has 3 rings (SSSR count). The summed E-state index contributed by atoms with van der Waals surface area (Å²) in [7, 11) is 0. The molecular formula is C17H11F2Ir2N2O2-. The Bertz CT molecular complexity index is 791. The summed E-state index contributed by atoms with van der Waals surface area (Å²) in [5, 5.41) is 8.32. The number of carboxylic acids is 1. The average molecular weight is 698 g/mol. The van der Waals surface area contributed by atoms with Crippen LogP contribution in [-0.4, -0.2) is 21.0 Å². The predicted octanol–water partition coefficient (Wildman–Crippen LogP) is 3.60. The van der Waals surface area contributed by atoms with Crippen molar-refractivity contribution in [3.8, 4) is 11.3 Å². The average Bonchev–Trinajstić information content (AvgIpc) is 2.57. The predicted molar refractivity (Wildman–Crippen MR) is 79.6 cm³/mol. The number of benzene rings is 1. The van der Waals surface area contributed by atoms with Gasteiger partial charge in [-0.2, -0.15) is 0 Å². The Balaban J connectivity index is 0.000000462. The van der Waals surface area contributed by atoms with Crippen LogP contribution < -0.4 is 0 Å². The second kappa shape index (κ2) is 11.7.